The molecule has 0 aliphatic heterocycles. The lowest BCUT2D eigenvalue weighted by atomic mass is 10.0. The van der Waals surface area contributed by atoms with Crippen LogP contribution in [0.2, 0.25) is 4.47 Å². The zero-order chi connectivity index (χ0) is 8.84. The fraction of sp³-hybridized carbons (Fsp3) is 0.778. The third-order valence-corrected chi connectivity index (χ3v) is 4.48. The minimum atomic E-state index is 0.596. The first kappa shape index (κ1) is 8.18. The van der Waals surface area contributed by atoms with Gasteiger partial charge in [0, 0.05) is 5.92 Å². The highest BCUT2D eigenvalue weighted by molar-refractivity contribution is 7.15. The fourth-order valence-corrected chi connectivity index (χ4v) is 3.81. The number of hydrogen-bond donors (Lipinski definition) is 0. The minimum absolute atomic E-state index is 0.596. The molecule has 2 unspecified atom stereocenters. The largest absolute Gasteiger partial charge is 0.207 e. The zero-order valence-electron chi connectivity index (χ0n) is 7.24. The van der Waals surface area contributed by atoms with Gasteiger partial charge in [-0.2, -0.15) is 0 Å². The Hall–Kier alpha value is -0.150. The van der Waals surface area contributed by atoms with Crippen LogP contribution in [0.4, 0.5) is 0 Å². The van der Waals surface area contributed by atoms with Gasteiger partial charge in [-0.3, -0.25) is 0 Å². The second-order valence-electron chi connectivity index (χ2n) is 4.03. The molecule has 2 fully saturated rings. The molecule has 2 atom stereocenters. The van der Waals surface area contributed by atoms with Crippen LogP contribution >= 0.6 is 22.9 Å². The van der Waals surface area contributed by atoms with E-state index in [2.05, 4.69) is 10.2 Å². The fourth-order valence-electron chi connectivity index (χ4n) is 2.71. The van der Waals surface area contributed by atoms with E-state index in [4.69, 9.17) is 11.6 Å². The van der Waals surface area contributed by atoms with E-state index in [1.165, 1.54) is 30.7 Å². The van der Waals surface area contributed by atoms with Crippen LogP contribution in [0.5, 0.6) is 0 Å². The standard InChI is InChI=1S/C9H11ClN2S/c10-9-12-11-8(13-9)7-5-3-1-2-4-6(5)7/h5-7H,1-4H2. The molecule has 0 aromatic carbocycles. The Morgan fingerprint density at radius 2 is 1.85 bits per heavy atom. The Morgan fingerprint density at radius 1 is 1.15 bits per heavy atom. The van der Waals surface area contributed by atoms with Gasteiger partial charge in [-0.1, -0.05) is 24.2 Å². The van der Waals surface area contributed by atoms with Crippen molar-refractivity contribution in [2.45, 2.75) is 31.6 Å². The van der Waals surface area contributed by atoms with E-state index < -0.39 is 0 Å². The quantitative estimate of drug-likeness (QED) is 0.718. The van der Waals surface area contributed by atoms with Crippen LogP contribution in [-0.4, -0.2) is 10.2 Å². The number of rotatable bonds is 1. The lowest BCUT2D eigenvalue weighted by Crippen LogP contribution is -1.91. The molecule has 13 heavy (non-hydrogen) atoms. The molecule has 0 spiro atoms. The Balaban J connectivity index is 1.81. The minimum Gasteiger partial charge on any atom is -0.142 e. The first-order valence-corrected chi connectivity index (χ1v) is 6.04. The molecule has 0 bridgehead atoms. The van der Waals surface area contributed by atoms with Crippen molar-refractivity contribution in [3.8, 4) is 0 Å². The molecule has 2 nitrogen and oxygen atoms in total. The molecule has 0 radical (unpaired) electrons. The maximum absolute atomic E-state index is 5.77. The van der Waals surface area contributed by atoms with Crippen LogP contribution in [0.15, 0.2) is 0 Å². The van der Waals surface area contributed by atoms with Gasteiger partial charge in [0.25, 0.3) is 0 Å². The molecule has 1 aromatic heterocycles. The normalized spacial score (nSPS) is 37.2. The highest BCUT2D eigenvalue weighted by Gasteiger charge is 2.52. The maximum atomic E-state index is 5.77. The highest BCUT2D eigenvalue weighted by Crippen LogP contribution is 2.61. The SMILES string of the molecule is Clc1nnc(C2C3CCCCC32)s1. The Kier molecular flexibility index (Phi) is 1.84. The van der Waals surface area contributed by atoms with Gasteiger partial charge in [0.2, 0.25) is 4.47 Å². The van der Waals surface area contributed by atoms with E-state index in [0.717, 1.165) is 11.8 Å². The van der Waals surface area contributed by atoms with Crippen molar-refractivity contribution in [1.29, 1.82) is 0 Å². The van der Waals surface area contributed by atoms with Crippen molar-refractivity contribution in [1.82, 2.24) is 10.2 Å². The number of aromatic nitrogens is 2. The third kappa shape index (κ3) is 1.29. The van der Waals surface area contributed by atoms with E-state index in [9.17, 15) is 0 Å². The van der Waals surface area contributed by atoms with Gasteiger partial charge in [-0.25, -0.2) is 0 Å². The predicted octanol–water partition coefficient (Wildman–Crippen LogP) is 3.10. The van der Waals surface area contributed by atoms with Gasteiger partial charge in [-0.05, 0) is 36.3 Å². The summed E-state index contributed by atoms with van der Waals surface area (Å²) >= 11 is 7.34. The number of nitrogens with zero attached hydrogens (tertiary/aromatic N) is 2. The Bertz CT molecular complexity index is 313. The molecular weight excluding hydrogens is 204 g/mol. The average molecular weight is 215 g/mol. The molecule has 1 heterocycles. The second-order valence-corrected chi connectivity index (χ2v) is 5.62. The summed E-state index contributed by atoms with van der Waals surface area (Å²) in [5, 5.41) is 9.19. The molecule has 2 saturated carbocycles. The molecule has 2 aliphatic rings. The summed E-state index contributed by atoms with van der Waals surface area (Å²) in [4.78, 5) is 0. The molecule has 70 valence electrons. The molecule has 3 rings (SSSR count). The average Bonchev–Trinajstić information content (AvgIpc) is 2.73. The van der Waals surface area contributed by atoms with Crippen molar-refractivity contribution >= 4 is 22.9 Å². The summed E-state index contributed by atoms with van der Waals surface area (Å²) in [6, 6.07) is 0. The van der Waals surface area contributed by atoms with Gasteiger partial charge in [0.1, 0.15) is 5.01 Å². The first-order valence-electron chi connectivity index (χ1n) is 4.85. The lowest BCUT2D eigenvalue weighted by molar-refractivity contribution is 0.480. The third-order valence-electron chi connectivity index (χ3n) is 3.36. The van der Waals surface area contributed by atoms with Gasteiger partial charge < -0.3 is 0 Å². The van der Waals surface area contributed by atoms with Crippen LogP contribution in [0.1, 0.15) is 36.6 Å². The van der Waals surface area contributed by atoms with Gasteiger partial charge >= 0.3 is 0 Å². The van der Waals surface area contributed by atoms with Gasteiger partial charge in [-0.15, -0.1) is 10.2 Å². The lowest BCUT2D eigenvalue weighted by Gasteiger charge is -2.04. The van der Waals surface area contributed by atoms with Crippen molar-refractivity contribution in [3.05, 3.63) is 9.47 Å². The number of halogens is 1. The van der Waals surface area contributed by atoms with E-state index in [0.29, 0.717) is 10.4 Å². The smallest absolute Gasteiger partial charge is 0.142 e. The van der Waals surface area contributed by atoms with Crippen molar-refractivity contribution in [2.75, 3.05) is 0 Å². The summed E-state index contributed by atoms with van der Waals surface area (Å²) in [6.07, 6.45) is 5.60. The predicted molar refractivity (Wildman–Crippen MR) is 53.1 cm³/mol. The topological polar surface area (TPSA) is 25.8 Å². The Morgan fingerprint density at radius 3 is 2.38 bits per heavy atom. The van der Waals surface area contributed by atoms with Crippen LogP contribution < -0.4 is 0 Å². The van der Waals surface area contributed by atoms with Crippen molar-refractivity contribution < 1.29 is 0 Å². The first-order chi connectivity index (χ1) is 6.36. The van der Waals surface area contributed by atoms with Crippen LogP contribution in [0.25, 0.3) is 0 Å². The summed E-state index contributed by atoms with van der Waals surface area (Å²) in [5.74, 6) is 2.54. The molecular formula is C9H11ClN2S. The van der Waals surface area contributed by atoms with Crippen molar-refractivity contribution in [2.24, 2.45) is 11.8 Å². The van der Waals surface area contributed by atoms with Crippen LogP contribution in [0.3, 0.4) is 0 Å². The van der Waals surface area contributed by atoms with E-state index >= 15 is 0 Å². The van der Waals surface area contributed by atoms with E-state index in [1.807, 2.05) is 0 Å². The highest BCUT2D eigenvalue weighted by atomic mass is 35.5. The van der Waals surface area contributed by atoms with E-state index in [1.54, 1.807) is 11.3 Å². The molecule has 1 aromatic rings. The summed E-state index contributed by atoms with van der Waals surface area (Å²) in [6.45, 7) is 0. The van der Waals surface area contributed by atoms with Gasteiger partial charge in [0.15, 0.2) is 0 Å². The molecule has 0 N–H and O–H groups in total. The van der Waals surface area contributed by atoms with E-state index in [-0.39, 0.29) is 0 Å². The maximum Gasteiger partial charge on any atom is 0.207 e. The monoisotopic (exact) mass is 214 g/mol. The number of hydrogen-bond acceptors (Lipinski definition) is 3. The zero-order valence-corrected chi connectivity index (χ0v) is 8.81. The van der Waals surface area contributed by atoms with Gasteiger partial charge in [0.05, 0.1) is 0 Å². The number of fused-ring (bicyclic) bond motifs is 1. The van der Waals surface area contributed by atoms with Crippen LogP contribution in [-0.2, 0) is 0 Å². The summed E-state index contributed by atoms with van der Waals surface area (Å²) in [5.41, 5.74) is 0. The summed E-state index contributed by atoms with van der Waals surface area (Å²) < 4.78 is 0.596. The molecule has 2 aliphatic carbocycles. The Labute approximate surface area is 86.3 Å². The van der Waals surface area contributed by atoms with Crippen LogP contribution in [0, 0.1) is 11.8 Å². The van der Waals surface area contributed by atoms with Crippen molar-refractivity contribution in [3.63, 3.8) is 0 Å². The summed E-state index contributed by atoms with van der Waals surface area (Å²) in [7, 11) is 0. The molecule has 0 saturated heterocycles. The molecule has 4 heteroatoms. The second kappa shape index (κ2) is 2.92. The molecule has 0 amide bonds.